The molecule has 0 amide bonds. The molecule has 3 heteroatoms. The third-order valence-electron chi connectivity index (χ3n) is 2.63. The fourth-order valence-corrected chi connectivity index (χ4v) is 1.89. The molecule has 1 aliphatic heterocycles. The van der Waals surface area contributed by atoms with Gasteiger partial charge in [-0.15, -0.1) is 0 Å². The normalized spacial score (nSPS) is 27.2. The van der Waals surface area contributed by atoms with E-state index >= 15 is 0 Å². The summed E-state index contributed by atoms with van der Waals surface area (Å²) in [7, 11) is 0. The van der Waals surface area contributed by atoms with Gasteiger partial charge in [-0.2, -0.15) is 0 Å². The van der Waals surface area contributed by atoms with Gasteiger partial charge in [0.05, 0.1) is 12.2 Å². The second kappa shape index (κ2) is 6.38. The molecule has 2 unspecified atom stereocenters. The van der Waals surface area contributed by atoms with Crippen molar-refractivity contribution in [3.63, 3.8) is 0 Å². The zero-order valence-electron chi connectivity index (χ0n) is 9.41. The molecule has 14 heavy (non-hydrogen) atoms. The van der Waals surface area contributed by atoms with Crippen molar-refractivity contribution in [3.8, 4) is 0 Å². The Kier molecular flexibility index (Phi) is 5.45. The van der Waals surface area contributed by atoms with E-state index in [9.17, 15) is 0 Å². The molecule has 0 spiro atoms. The molecule has 3 nitrogen and oxygen atoms in total. The van der Waals surface area contributed by atoms with Crippen LogP contribution in [0.4, 0.5) is 0 Å². The van der Waals surface area contributed by atoms with Crippen LogP contribution in [0.1, 0.15) is 33.1 Å². The maximum absolute atomic E-state index is 9.15. The molecule has 1 fully saturated rings. The van der Waals surface area contributed by atoms with Gasteiger partial charge in [0, 0.05) is 19.7 Å². The molecular weight excluding hydrogens is 178 g/mol. The van der Waals surface area contributed by atoms with Crippen molar-refractivity contribution >= 4 is 0 Å². The molecule has 2 atom stereocenters. The Balaban J connectivity index is 2.15. The highest BCUT2D eigenvalue weighted by Gasteiger charge is 2.14. The van der Waals surface area contributed by atoms with Crippen LogP contribution in [0.2, 0.25) is 0 Å². The van der Waals surface area contributed by atoms with Crippen molar-refractivity contribution in [2.45, 2.75) is 45.3 Å². The van der Waals surface area contributed by atoms with Crippen LogP contribution < -0.4 is 0 Å². The van der Waals surface area contributed by atoms with Crippen LogP contribution in [0.5, 0.6) is 0 Å². The smallest absolute Gasteiger partial charge is 0.0673 e. The van der Waals surface area contributed by atoms with Crippen LogP contribution in [0.25, 0.3) is 0 Å². The topological polar surface area (TPSA) is 32.7 Å². The van der Waals surface area contributed by atoms with Gasteiger partial charge in [-0.1, -0.05) is 0 Å². The summed E-state index contributed by atoms with van der Waals surface area (Å²) in [6.45, 7) is 8.16. The van der Waals surface area contributed by atoms with E-state index in [-0.39, 0.29) is 6.10 Å². The molecule has 1 heterocycles. The molecule has 0 bridgehead atoms. The third-order valence-corrected chi connectivity index (χ3v) is 2.63. The molecule has 0 radical (unpaired) electrons. The maximum atomic E-state index is 9.15. The largest absolute Gasteiger partial charge is 0.393 e. The molecular formula is C11H23NO2. The Morgan fingerprint density at radius 1 is 1.57 bits per heavy atom. The maximum Gasteiger partial charge on any atom is 0.0673 e. The van der Waals surface area contributed by atoms with Gasteiger partial charge in [0.2, 0.25) is 0 Å². The highest BCUT2D eigenvalue weighted by Crippen LogP contribution is 2.07. The summed E-state index contributed by atoms with van der Waals surface area (Å²) in [6, 6.07) is 0. The van der Waals surface area contributed by atoms with Crippen LogP contribution in [0.15, 0.2) is 0 Å². The Hall–Kier alpha value is -0.120. The first-order valence-electron chi connectivity index (χ1n) is 5.70. The SMILES string of the molecule is CC(O)CCCN1CCCOC(C)C1. The standard InChI is InChI=1S/C11H23NO2/c1-10(13)5-3-6-12-7-4-8-14-11(2)9-12/h10-11,13H,3-9H2,1-2H3. The summed E-state index contributed by atoms with van der Waals surface area (Å²) >= 11 is 0. The zero-order valence-corrected chi connectivity index (χ0v) is 9.41. The van der Waals surface area contributed by atoms with E-state index in [2.05, 4.69) is 11.8 Å². The average Bonchev–Trinajstić information content (AvgIpc) is 2.29. The second-order valence-corrected chi connectivity index (χ2v) is 4.33. The first-order valence-corrected chi connectivity index (χ1v) is 5.70. The number of hydrogen-bond donors (Lipinski definition) is 1. The molecule has 1 aliphatic rings. The number of nitrogens with zero attached hydrogens (tertiary/aromatic N) is 1. The van der Waals surface area contributed by atoms with Crippen molar-refractivity contribution in [2.24, 2.45) is 0 Å². The molecule has 1 rings (SSSR count). The Bertz CT molecular complexity index is 150. The average molecular weight is 201 g/mol. The van der Waals surface area contributed by atoms with Crippen LogP contribution >= 0.6 is 0 Å². The fourth-order valence-electron chi connectivity index (χ4n) is 1.89. The van der Waals surface area contributed by atoms with E-state index in [4.69, 9.17) is 9.84 Å². The lowest BCUT2D eigenvalue weighted by Crippen LogP contribution is -2.31. The molecule has 84 valence electrons. The lowest BCUT2D eigenvalue weighted by Gasteiger charge is -2.21. The number of rotatable bonds is 4. The monoisotopic (exact) mass is 201 g/mol. The Morgan fingerprint density at radius 2 is 2.36 bits per heavy atom. The van der Waals surface area contributed by atoms with Gasteiger partial charge < -0.3 is 14.7 Å². The highest BCUT2D eigenvalue weighted by atomic mass is 16.5. The summed E-state index contributed by atoms with van der Waals surface area (Å²) in [4.78, 5) is 2.44. The summed E-state index contributed by atoms with van der Waals surface area (Å²) in [6.07, 6.45) is 3.34. The first-order chi connectivity index (χ1) is 6.68. The van der Waals surface area contributed by atoms with Crippen molar-refractivity contribution in [2.75, 3.05) is 26.2 Å². The van der Waals surface area contributed by atoms with E-state index in [1.807, 2.05) is 6.92 Å². The molecule has 0 saturated carbocycles. The summed E-state index contributed by atoms with van der Waals surface area (Å²) in [5.41, 5.74) is 0. The Morgan fingerprint density at radius 3 is 3.07 bits per heavy atom. The molecule has 0 aromatic carbocycles. The Labute approximate surface area is 87.1 Å². The number of ether oxygens (including phenoxy) is 1. The third kappa shape index (κ3) is 4.94. The van der Waals surface area contributed by atoms with Gasteiger partial charge in [0.25, 0.3) is 0 Å². The number of aliphatic hydroxyl groups is 1. The predicted octanol–water partition coefficient (Wildman–Crippen LogP) is 1.26. The summed E-state index contributed by atoms with van der Waals surface area (Å²) in [5, 5.41) is 9.15. The quantitative estimate of drug-likeness (QED) is 0.743. The van der Waals surface area contributed by atoms with Crippen molar-refractivity contribution in [3.05, 3.63) is 0 Å². The van der Waals surface area contributed by atoms with Crippen molar-refractivity contribution in [1.29, 1.82) is 0 Å². The van der Waals surface area contributed by atoms with E-state index < -0.39 is 0 Å². The minimum atomic E-state index is -0.157. The fraction of sp³-hybridized carbons (Fsp3) is 1.00. The lowest BCUT2D eigenvalue weighted by atomic mass is 10.2. The predicted molar refractivity (Wildman–Crippen MR) is 57.4 cm³/mol. The van der Waals surface area contributed by atoms with Crippen LogP contribution in [0.3, 0.4) is 0 Å². The molecule has 1 saturated heterocycles. The number of aliphatic hydroxyl groups excluding tert-OH is 1. The van der Waals surface area contributed by atoms with E-state index in [0.29, 0.717) is 6.10 Å². The van der Waals surface area contributed by atoms with Crippen LogP contribution in [-0.2, 0) is 4.74 Å². The van der Waals surface area contributed by atoms with Crippen molar-refractivity contribution < 1.29 is 9.84 Å². The number of hydrogen-bond acceptors (Lipinski definition) is 3. The van der Waals surface area contributed by atoms with Crippen LogP contribution in [-0.4, -0.2) is 48.5 Å². The first kappa shape index (κ1) is 12.0. The van der Waals surface area contributed by atoms with Gasteiger partial charge in [-0.05, 0) is 39.7 Å². The molecule has 0 aromatic heterocycles. The summed E-state index contributed by atoms with van der Waals surface area (Å²) in [5.74, 6) is 0. The van der Waals surface area contributed by atoms with E-state index in [1.54, 1.807) is 0 Å². The van der Waals surface area contributed by atoms with Crippen molar-refractivity contribution in [1.82, 2.24) is 4.90 Å². The van der Waals surface area contributed by atoms with Gasteiger partial charge >= 0.3 is 0 Å². The minimum absolute atomic E-state index is 0.157. The molecule has 0 aliphatic carbocycles. The van der Waals surface area contributed by atoms with E-state index in [0.717, 1.165) is 45.5 Å². The molecule has 0 aromatic rings. The van der Waals surface area contributed by atoms with Gasteiger partial charge in [0.15, 0.2) is 0 Å². The lowest BCUT2D eigenvalue weighted by molar-refractivity contribution is 0.0669. The highest BCUT2D eigenvalue weighted by molar-refractivity contribution is 4.67. The molecule has 1 N–H and O–H groups in total. The second-order valence-electron chi connectivity index (χ2n) is 4.33. The minimum Gasteiger partial charge on any atom is -0.393 e. The zero-order chi connectivity index (χ0) is 10.4. The van der Waals surface area contributed by atoms with E-state index in [1.165, 1.54) is 0 Å². The van der Waals surface area contributed by atoms with Gasteiger partial charge in [-0.25, -0.2) is 0 Å². The van der Waals surface area contributed by atoms with Gasteiger partial charge in [0.1, 0.15) is 0 Å². The summed E-state index contributed by atoms with van der Waals surface area (Å²) < 4.78 is 5.57. The van der Waals surface area contributed by atoms with Crippen LogP contribution in [0, 0.1) is 0 Å². The van der Waals surface area contributed by atoms with Gasteiger partial charge in [-0.3, -0.25) is 0 Å².